The van der Waals surface area contributed by atoms with Crippen molar-refractivity contribution in [3.8, 4) is 0 Å². The standard InChI is InChI=1S/C11H18N2S/c1-13(2)11-12-10-7-5-3-4-6-9(10)8-14-11/h3-8H2,1-2H3. The highest BCUT2D eigenvalue weighted by Gasteiger charge is 2.18. The number of thioether (sulfide) groups is 1. The molecule has 0 unspecified atom stereocenters. The van der Waals surface area contributed by atoms with Crippen molar-refractivity contribution in [2.24, 2.45) is 4.99 Å². The molecule has 2 rings (SSSR count). The summed E-state index contributed by atoms with van der Waals surface area (Å²) in [5, 5.41) is 1.19. The van der Waals surface area contributed by atoms with Crippen LogP contribution >= 0.6 is 11.8 Å². The van der Waals surface area contributed by atoms with Gasteiger partial charge in [-0.15, -0.1) is 0 Å². The zero-order chi connectivity index (χ0) is 9.97. The monoisotopic (exact) mass is 210 g/mol. The summed E-state index contributed by atoms with van der Waals surface area (Å²) in [5.41, 5.74) is 3.00. The maximum Gasteiger partial charge on any atom is 0.163 e. The molecule has 0 fully saturated rings. The number of rotatable bonds is 0. The maximum absolute atomic E-state index is 4.75. The average Bonchev–Trinajstić information content (AvgIpc) is 2.41. The molecule has 0 N–H and O–H groups in total. The van der Waals surface area contributed by atoms with E-state index in [4.69, 9.17) is 4.99 Å². The van der Waals surface area contributed by atoms with E-state index < -0.39 is 0 Å². The molecule has 0 amide bonds. The second-order valence-electron chi connectivity index (χ2n) is 4.19. The Morgan fingerprint density at radius 2 is 1.93 bits per heavy atom. The molecule has 14 heavy (non-hydrogen) atoms. The van der Waals surface area contributed by atoms with Gasteiger partial charge in [-0.2, -0.15) is 0 Å². The van der Waals surface area contributed by atoms with E-state index in [1.54, 1.807) is 5.57 Å². The first-order chi connectivity index (χ1) is 6.77. The molecule has 0 aromatic rings. The molecule has 3 heteroatoms. The molecule has 1 heterocycles. The van der Waals surface area contributed by atoms with Gasteiger partial charge in [0.05, 0.1) is 0 Å². The number of nitrogens with zero attached hydrogens (tertiary/aromatic N) is 2. The maximum atomic E-state index is 4.75. The minimum Gasteiger partial charge on any atom is -0.357 e. The number of hydrogen-bond donors (Lipinski definition) is 0. The second kappa shape index (κ2) is 4.39. The Balaban J connectivity index is 2.19. The molecule has 0 spiro atoms. The van der Waals surface area contributed by atoms with Crippen molar-refractivity contribution in [3.63, 3.8) is 0 Å². The lowest BCUT2D eigenvalue weighted by Gasteiger charge is -2.21. The van der Waals surface area contributed by atoms with Gasteiger partial charge in [0.15, 0.2) is 5.17 Å². The van der Waals surface area contributed by atoms with Crippen molar-refractivity contribution in [1.82, 2.24) is 4.90 Å². The highest BCUT2D eigenvalue weighted by atomic mass is 32.2. The van der Waals surface area contributed by atoms with Crippen LogP contribution in [-0.2, 0) is 0 Å². The molecule has 0 saturated carbocycles. The minimum absolute atomic E-state index is 1.17. The van der Waals surface area contributed by atoms with Gasteiger partial charge in [-0.05, 0) is 31.3 Å². The van der Waals surface area contributed by atoms with Crippen LogP contribution in [0.2, 0.25) is 0 Å². The Hall–Kier alpha value is -0.440. The molecule has 2 nitrogen and oxygen atoms in total. The summed E-state index contributed by atoms with van der Waals surface area (Å²) in [6.45, 7) is 0. The third-order valence-electron chi connectivity index (χ3n) is 2.79. The van der Waals surface area contributed by atoms with Crippen molar-refractivity contribution >= 4 is 16.9 Å². The largest absolute Gasteiger partial charge is 0.357 e. The van der Waals surface area contributed by atoms with E-state index >= 15 is 0 Å². The van der Waals surface area contributed by atoms with Crippen LogP contribution < -0.4 is 0 Å². The fraction of sp³-hybridized carbons (Fsp3) is 0.727. The van der Waals surface area contributed by atoms with Gasteiger partial charge < -0.3 is 4.90 Å². The number of allylic oxidation sites excluding steroid dienone is 1. The van der Waals surface area contributed by atoms with Crippen LogP contribution in [0.5, 0.6) is 0 Å². The molecule has 0 bridgehead atoms. The van der Waals surface area contributed by atoms with Crippen LogP contribution in [0.25, 0.3) is 0 Å². The van der Waals surface area contributed by atoms with E-state index in [1.807, 2.05) is 11.8 Å². The van der Waals surface area contributed by atoms with Gasteiger partial charge in [-0.3, -0.25) is 0 Å². The van der Waals surface area contributed by atoms with Crippen molar-refractivity contribution in [2.45, 2.75) is 32.1 Å². The van der Waals surface area contributed by atoms with Gasteiger partial charge in [0, 0.05) is 25.5 Å². The molecule has 78 valence electrons. The third kappa shape index (κ3) is 2.14. The zero-order valence-electron chi connectivity index (χ0n) is 9.05. The molecule has 0 radical (unpaired) electrons. The van der Waals surface area contributed by atoms with Gasteiger partial charge >= 0.3 is 0 Å². The van der Waals surface area contributed by atoms with Gasteiger partial charge in [-0.1, -0.05) is 18.2 Å². The molecule has 1 aliphatic carbocycles. The lowest BCUT2D eigenvalue weighted by molar-refractivity contribution is 0.632. The first-order valence-electron chi connectivity index (χ1n) is 5.37. The normalized spacial score (nSPS) is 22.6. The highest BCUT2D eigenvalue weighted by Crippen LogP contribution is 2.32. The van der Waals surface area contributed by atoms with Crippen LogP contribution in [0.15, 0.2) is 16.3 Å². The summed E-state index contributed by atoms with van der Waals surface area (Å²) in [6.07, 6.45) is 6.56. The smallest absolute Gasteiger partial charge is 0.163 e. The van der Waals surface area contributed by atoms with Crippen LogP contribution in [0.4, 0.5) is 0 Å². The second-order valence-corrected chi connectivity index (χ2v) is 5.13. The predicted molar refractivity (Wildman–Crippen MR) is 63.7 cm³/mol. The van der Waals surface area contributed by atoms with Crippen LogP contribution in [0, 0.1) is 0 Å². The SMILES string of the molecule is CN(C)C1=NC2=C(CCCCC2)CS1. The molecule has 0 saturated heterocycles. The van der Waals surface area contributed by atoms with Gasteiger partial charge in [-0.25, -0.2) is 4.99 Å². The first-order valence-corrected chi connectivity index (χ1v) is 6.35. The fourth-order valence-corrected chi connectivity index (χ4v) is 2.99. The predicted octanol–water partition coefficient (Wildman–Crippen LogP) is 2.87. The quantitative estimate of drug-likeness (QED) is 0.611. The Bertz CT molecular complexity index is 279. The minimum atomic E-state index is 1.17. The topological polar surface area (TPSA) is 15.6 Å². The van der Waals surface area contributed by atoms with E-state index in [0.29, 0.717) is 0 Å². The Morgan fingerprint density at radius 1 is 1.14 bits per heavy atom. The molecule has 0 atom stereocenters. The number of aliphatic imine (C=N–C) groups is 1. The summed E-state index contributed by atoms with van der Waals surface area (Å²) in [4.78, 5) is 6.87. The Kier molecular flexibility index (Phi) is 3.16. The number of amidine groups is 1. The lowest BCUT2D eigenvalue weighted by atomic mass is 10.1. The van der Waals surface area contributed by atoms with Gasteiger partial charge in [0.25, 0.3) is 0 Å². The van der Waals surface area contributed by atoms with E-state index in [-0.39, 0.29) is 0 Å². The highest BCUT2D eigenvalue weighted by molar-refractivity contribution is 8.14. The van der Waals surface area contributed by atoms with E-state index in [2.05, 4.69) is 19.0 Å². The van der Waals surface area contributed by atoms with E-state index in [0.717, 1.165) is 0 Å². The molecule has 0 aromatic heterocycles. The van der Waals surface area contributed by atoms with Gasteiger partial charge in [0.1, 0.15) is 0 Å². The molecule has 2 aliphatic rings. The first kappa shape index (κ1) is 10.1. The lowest BCUT2D eigenvalue weighted by Crippen LogP contribution is -2.21. The van der Waals surface area contributed by atoms with Crippen molar-refractivity contribution in [3.05, 3.63) is 11.3 Å². The summed E-state index contributed by atoms with van der Waals surface area (Å²) in [7, 11) is 4.15. The van der Waals surface area contributed by atoms with Crippen LogP contribution in [0.1, 0.15) is 32.1 Å². The molecule has 1 aliphatic heterocycles. The number of hydrogen-bond acceptors (Lipinski definition) is 3. The molecular formula is C11H18N2S. The van der Waals surface area contributed by atoms with E-state index in [1.165, 1.54) is 48.7 Å². The summed E-state index contributed by atoms with van der Waals surface area (Å²) < 4.78 is 0. The summed E-state index contributed by atoms with van der Waals surface area (Å²) >= 11 is 1.88. The molecular weight excluding hydrogens is 192 g/mol. The average molecular weight is 210 g/mol. The van der Waals surface area contributed by atoms with Gasteiger partial charge in [0.2, 0.25) is 0 Å². The summed E-state index contributed by atoms with van der Waals surface area (Å²) in [5.74, 6) is 1.17. The van der Waals surface area contributed by atoms with Crippen LogP contribution in [-0.4, -0.2) is 29.9 Å². The van der Waals surface area contributed by atoms with E-state index in [9.17, 15) is 0 Å². The Labute approximate surface area is 90.5 Å². The fourth-order valence-electron chi connectivity index (χ4n) is 1.95. The van der Waals surface area contributed by atoms with Crippen molar-refractivity contribution < 1.29 is 0 Å². The zero-order valence-corrected chi connectivity index (χ0v) is 9.86. The van der Waals surface area contributed by atoms with Crippen molar-refractivity contribution in [1.29, 1.82) is 0 Å². The third-order valence-corrected chi connectivity index (χ3v) is 4.00. The van der Waals surface area contributed by atoms with Crippen molar-refractivity contribution in [2.75, 3.05) is 19.8 Å². The Morgan fingerprint density at radius 3 is 2.71 bits per heavy atom. The van der Waals surface area contributed by atoms with Crippen LogP contribution in [0.3, 0.4) is 0 Å². The summed E-state index contributed by atoms with van der Waals surface area (Å²) in [6, 6.07) is 0. The molecule has 0 aromatic carbocycles.